The average Bonchev–Trinajstić information content (AvgIpc) is 2.85. The Morgan fingerprint density at radius 2 is 1.67 bits per heavy atom. The topological polar surface area (TPSA) is 80.3 Å². The Morgan fingerprint density at radius 1 is 1.00 bits per heavy atom. The normalized spacial score (nSPS) is 13.7. The fraction of sp³-hybridized carbons (Fsp3) is 0.333. The van der Waals surface area contributed by atoms with E-state index in [1.165, 1.54) is 27.4 Å². The number of carbonyl (C=O) groups excluding carboxylic acids is 2. The summed E-state index contributed by atoms with van der Waals surface area (Å²) >= 11 is 6.07. The fourth-order valence-corrected chi connectivity index (χ4v) is 3.77. The number of benzene rings is 2. The first-order valence-corrected chi connectivity index (χ1v) is 10.9. The van der Waals surface area contributed by atoms with Crippen LogP contribution in [0.4, 0.5) is 5.69 Å². The van der Waals surface area contributed by atoms with Gasteiger partial charge in [-0.25, -0.2) is 0 Å². The van der Waals surface area contributed by atoms with Crippen molar-refractivity contribution in [2.24, 2.45) is 0 Å². The summed E-state index contributed by atoms with van der Waals surface area (Å²) in [7, 11) is 4.58. The lowest BCUT2D eigenvalue weighted by Crippen LogP contribution is -2.51. The van der Waals surface area contributed by atoms with Gasteiger partial charge in [-0.1, -0.05) is 17.7 Å². The molecule has 1 aliphatic heterocycles. The zero-order valence-electron chi connectivity index (χ0n) is 19.0. The molecular weight excluding hydrogens is 446 g/mol. The van der Waals surface area contributed by atoms with Crippen LogP contribution >= 0.6 is 11.6 Å². The summed E-state index contributed by atoms with van der Waals surface area (Å²) in [6.45, 7) is 2.53. The first kappa shape index (κ1) is 24.3. The van der Waals surface area contributed by atoms with E-state index >= 15 is 0 Å². The van der Waals surface area contributed by atoms with Crippen LogP contribution in [0.3, 0.4) is 0 Å². The molecule has 8 nitrogen and oxygen atoms in total. The fourth-order valence-electron chi connectivity index (χ4n) is 3.59. The maximum atomic E-state index is 12.5. The number of ether oxygens (including phenoxy) is 3. The molecule has 1 N–H and O–H groups in total. The summed E-state index contributed by atoms with van der Waals surface area (Å²) in [6.07, 6.45) is 2.99. The van der Waals surface area contributed by atoms with Gasteiger partial charge in [0.15, 0.2) is 11.5 Å². The first-order valence-electron chi connectivity index (χ1n) is 10.5. The molecule has 1 saturated heterocycles. The number of anilines is 1. The lowest BCUT2D eigenvalue weighted by atomic mass is 10.1. The number of rotatable bonds is 8. The molecule has 1 fully saturated rings. The minimum absolute atomic E-state index is 0.0599. The van der Waals surface area contributed by atoms with Crippen LogP contribution in [0.15, 0.2) is 42.5 Å². The molecule has 0 aromatic heterocycles. The molecule has 9 heteroatoms. The third kappa shape index (κ3) is 6.32. The van der Waals surface area contributed by atoms with Crippen molar-refractivity contribution in [1.82, 2.24) is 10.2 Å². The van der Waals surface area contributed by atoms with Gasteiger partial charge in [-0.15, -0.1) is 0 Å². The molecule has 3 rings (SSSR count). The number of halogens is 1. The highest BCUT2D eigenvalue weighted by Crippen LogP contribution is 2.38. The lowest BCUT2D eigenvalue weighted by Gasteiger charge is -2.36. The number of nitrogens with zero attached hydrogens (tertiary/aromatic N) is 2. The number of methoxy groups -OCH3 is 3. The molecule has 1 heterocycles. The van der Waals surface area contributed by atoms with Crippen LogP contribution in [0.25, 0.3) is 6.08 Å². The van der Waals surface area contributed by atoms with Gasteiger partial charge in [-0.05, 0) is 42.0 Å². The molecule has 2 aromatic carbocycles. The van der Waals surface area contributed by atoms with Gasteiger partial charge in [0, 0.05) is 43.0 Å². The molecule has 33 heavy (non-hydrogen) atoms. The first-order chi connectivity index (χ1) is 15.9. The second-order valence-electron chi connectivity index (χ2n) is 7.36. The van der Waals surface area contributed by atoms with Crippen LogP contribution < -0.4 is 24.4 Å². The summed E-state index contributed by atoms with van der Waals surface area (Å²) in [4.78, 5) is 28.7. The van der Waals surface area contributed by atoms with Crippen molar-refractivity contribution in [3.63, 3.8) is 0 Å². The molecule has 0 unspecified atom stereocenters. The Labute approximate surface area is 198 Å². The molecule has 2 aromatic rings. The van der Waals surface area contributed by atoms with E-state index in [4.69, 9.17) is 25.8 Å². The minimum atomic E-state index is -0.366. The minimum Gasteiger partial charge on any atom is -0.493 e. The van der Waals surface area contributed by atoms with Crippen molar-refractivity contribution in [3.8, 4) is 17.2 Å². The van der Waals surface area contributed by atoms with E-state index in [-0.39, 0.29) is 18.4 Å². The Balaban J connectivity index is 1.50. The molecule has 0 atom stereocenters. The molecular formula is C24H28ClN3O5. The van der Waals surface area contributed by atoms with Gasteiger partial charge in [0.25, 0.3) is 0 Å². The second kappa shape index (κ2) is 11.5. The Kier molecular flexibility index (Phi) is 8.43. The molecule has 0 spiro atoms. The van der Waals surface area contributed by atoms with Crippen LogP contribution in [0.5, 0.6) is 17.2 Å². The third-order valence-electron chi connectivity index (χ3n) is 5.33. The van der Waals surface area contributed by atoms with E-state index < -0.39 is 0 Å². The molecule has 2 amide bonds. The van der Waals surface area contributed by atoms with Crippen LogP contribution in [0.1, 0.15) is 5.56 Å². The number of hydrogen-bond donors (Lipinski definition) is 1. The predicted octanol–water partition coefficient (Wildman–Crippen LogP) is 2.84. The third-order valence-corrected chi connectivity index (χ3v) is 5.57. The predicted molar refractivity (Wildman–Crippen MR) is 128 cm³/mol. The number of carbonyl (C=O) groups is 2. The maximum absolute atomic E-state index is 12.5. The molecule has 1 aliphatic rings. The van der Waals surface area contributed by atoms with E-state index in [9.17, 15) is 9.59 Å². The summed E-state index contributed by atoms with van der Waals surface area (Å²) < 4.78 is 15.9. The van der Waals surface area contributed by atoms with E-state index in [1.807, 2.05) is 24.3 Å². The maximum Gasteiger partial charge on any atom is 0.244 e. The van der Waals surface area contributed by atoms with E-state index in [1.54, 1.807) is 23.1 Å². The average molecular weight is 474 g/mol. The SMILES string of the molecule is COc1cc(/C=C/C(=O)NCC(=O)N2CCN(c3cccc(Cl)c3)CC2)cc(OC)c1OC. The van der Waals surface area contributed by atoms with Crippen LogP contribution in [-0.4, -0.2) is 70.8 Å². The standard InChI is InChI=1S/C24H28ClN3O5/c1-31-20-13-17(14-21(32-2)24(20)33-3)7-8-22(29)26-16-23(30)28-11-9-27(10-12-28)19-6-4-5-18(25)15-19/h4-8,13-15H,9-12,16H2,1-3H3,(H,26,29)/b8-7+. The van der Waals surface area contributed by atoms with Crippen molar-refractivity contribution in [1.29, 1.82) is 0 Å². The Bertz CT molecular complexity index is 994. The summed E-state index contributed by atoms with van der Waals surface area (Å²) in [5, 5.41) is 3.33. The summed E-state index contributed by atoms with van der Waals surface area (Å²) in [5.74, 6) is 0.973. The number of hydrogen-bond acceptors (Lipinski definition) is 6. The number of nitrogens with one attached hydrogen (secondary N) is 1. The van der Waals surface area contributed by atoms with E-state index in [0.29, 0.717) is 54.0 Å². The quantitative estimate of drug-likeness (QED) is 0.594. The highest BCUT2D eigenvalue weighted by molar-refractivity contribution is 6.30. The zero-order valence-corrected chi connectivity index (χ0v) is 19.7. The molecule has 0 radical (unpaired) electrons. The van der Waals surface area contributed by atoms with Crippen molar-refractivity contribution in [2.75, 3.05) is 59.0 Å². The largest absolute Gasteiger partial charge is 0.493 e. The van der Waals surface area contributed by atoms with Gasteiger partial charge in [0.05, 0.1) is 27.9 Å². The highest BCUT2D eigenvalue weighted by Gasteiger charge is 2.21. The van der Waals surface area contributed by atoms with Gasteiger partial charge < -0.3 is 29.3 Å². The Hall–Kier alpha value is -3.39. The van der Waals surface area contributed by atoms with Crippen molar-refractivity contribution < 1.29 is 23.8 Å². The van der Waals surface area contributed by atoms with E-state index in [0.717, 1.165) is 5.69 Å². The van der Waals surface area contributed by atoms with Crippen LogP contribution in [0, 0.1) is 0 Å². The smallest absolute Gasteiger partial charge is 0.244 e. The second-order valence-corrected chi connectivity index (χ2v) is 7.79. The van der Waals surface area contributed by atoms with Crippen molar-refractivity contribution in [3.05, 3.63) is 53.1 Å². The van der Waals surface area contributed by atoms with Gasteiger partial charge in [0.1, 0.15) is 0 Å². The summed E-state index contributed by atoms with van der Waals surface area (Å²) in [5.41, 5.74) is 1.74. The van der Waals surface area contributed by atoms with Crippen LogP contribution in [-0.2, 0) is 9.59 Å². The molecule has 0 aliphatic carbocycles. The van der Waals surface area contributed by atoms with Crippen LogP contribution in [0.2, 0.25) is 5.02 Å². The number of piperazine rings is 1. The van der Waals surface area contributed by atoms with Gasteiger partial charge in [-0.2, -0.15) is 0 Å². The van der Waals surface area contributed by atoms with Gasteiger partial charge in [0.2, 0.25) is 17.6 Å². The van der Waals surface area contributed by atoms with Gasteiger partial charge >= 0.3 is 0 Å². The molecule has 176 valence electrons. The van der Waals surface area contributed by atoms with E-state index in [2.05, 4.69) is 10.2 Å². The van der Waals surface area contributed by atoms with Gasteiger partial charge in [-0.3, -0.25) is 9.59 Å². The highest BCUT2D eigenvalue weighted by atomic mass is 35.5. The molecule has 0 bridgehead atoms. The monoisotopic (exact) mass is 473 g/mol. The van der Waals surface area contributed by atoms with Crippen molar-refractivity contribution in [2.45, 2.75) is 0 Å². The number of amides is 2. The zero-order chi connectivity index (χ0) is 23.8. The summed E-state index contributed by atoms with van der Waals surface area (Å²) in [6, 6.07) is 11.1. The molecule has 0 saturated carbocycles. The lowest BCUT2D eigenvalue weighted by molar-refractivity contribution is -0.132. The van der Waals surface area contributed by atoms with Crippen molar-refractivity contribution >= 4 is 35.2 Å². The Morgan fingerprint density at radius 3 is 2.24 bits per heavy atom.